The van der Waals surface area contributed by atoms with E-state index in [0.29, 0.717) is 13.0 Å². The Kier molecular flexibility index (Phi) is 11.9. The third-order valence-corrected chi connectivity index (χ3v) is 9.02. The van der Waals surface area contributed by atoms with Crippen molar-refractivity contribution < 1.29 is 28.8 Å². The van der Waals surface area contributed by atoms with Crippen LogP contribution in [0.1, 0.15) is 86.0 Å². The summed E-state index contributed by atoms with van der Waals surface area (Å²) in [6, 6.07) is -2.96. The summed E-state index contributed by atoms with van der Waals surface area (Å²) in [4.78, 5) is 79.8. The smallest absolute Gasteiger partial charge is 0.316 e. The van der Waals surface area contributed by atoms with Gasteiger partial charge in [0.15, 0.2) is 5.78 Å². The largest absolute Gasteiger partial charge is 0.347 e. The molecular formula is C32H51N5O6. The first kappa shape index (κ1) is 34.3. The van der Waals surface area contributed by atoms with Gasteiger partial charge in [-0.15, -0.1) is 6.58 Å². The maximum absolute atomic E-state index is 14.1. The Labute approximate surface area is 255 Å². The van der Waals surface area contributed by atoms with Gasteiger partial charge in [-0.1, -0.05) is 60.0 Å². The van der Waals surface area contributed by atoms with Crippen LogP contribution < -0.4 is 21.3 Å². The highest BCUT2D eigenvalue weighted by Crippen LogP contribution is 2.36. The van der Waals surface area contributed by atoms with Crippen molar-refractivity contribution in [2.24, 2.45) is 29.1 Å². The predicted octanol–water partition coefficient (Wildman–Crippen LogP) is 2.49. The minimum absolute atomic E-state index is 0.00375. The molecule has 3 rings (SSSR count). The molecule has 0 radical (unpaired) electrons. The summed E-state index contributed by atoms with van der Waals surface area (Å²) in [6.45, 7) is 12.9. The lowest BCUT2D eigenvalue weighted by Gasteiger charge is -2.37. The molecule has 11 heteroatoms. The molecule has 2 aliphatic carbocycles. The molecule has 5 amide bonds. The fourth-order valence-corrected chi connectivity index (χ4v) is 6.35. The molecule has 0 spiro atoms. The van der Waals surface area contributed by atoms with Crippen molar-refractivity contribution in [3.05, 3.63) is 12.7 Å². The van der Waals surface area contributed by atoms with Gasteiger partial charge in [-0.25, -0.2) is 4.79 Å². The van der Waals surface area contributed by atoms with E-state index in [1.54, 1.807) is 0 Å². The van der Waals surface area contributed by atoms with Crippen molar-refractivity contribution in [1.29, 1.82) is 0 Å². The summed E-state index contributed by atoms with van der Waals surface area (Å²) in [7, 11) is 0. The SMILES string of the molecule is C=CCNC(=O)C(=O)CNC(=O)[C@@H]1[C@@H](C(C)C)CCN1C(=O)[C@@H](NC(=O)N[C@H](C(=O)C1CC1)C1CCCCC1)C(C)(C)C. The van der Waals surface area contributed by atoms with Crippen LogP contribution in [-0.2, 0) is 24.0 Å². The van der Waals surface area contributed by atoms with E-state index >= 15 is 0 Å². The van der Waals surface area contributed by atoms with E-state index in [4.69, 9.17) is 0 Å². The first-order chi connectivity index (χ1) is 20.3. The first-order valence-corrected chi connectivity index (χ1v) is 15.9. The number of urea groups is 1. The standard InChI is InChI=1S/C32H51N5O6/c1-7-16-33-28(40)23(38)18-34-29(41)25-22(19(2)3)15-17-37(25)30(42)27(32(4,5)6)36-31(43)35-24(26(39)21-13-14-21)20-11-9-8-10-12-20/h7,19-22,24-25,27H,1,8-18H2,2-6H3,(H,33,40)(H,34,41)(H2,35,36,43)/t22-,24+,25+,27-/m1/s1. The molecule has 1 saturated heterocycles. The minimum Gasteiger partial charge on any atom is -0.347 e. The fraction of sp³-hybridized carbons (Fsp3) is 0.750. The average Bonchev–Trinajstić information content (AvgIpc) is 3.72. The lowest BCUT2D eigenvalue weighted by Crippen LogP contribution is -2.61. The molecule has 3 fully saturated rings. The predicted molar refractivity (Wildman–Crippen MR) is 163 cm³/mol. The van der Waals surface area contributed by atoms with Gasteiger partial charge in [0, 0.05) is 19.0 Å². The second-order valence-electron chi connectivity index (χ2n) is 13.8. The number of Topliss-reactive ketones (excluding diaryl/α,β-unsaturated/α-hetero) is 2. The molecule has 11 nitrogen and oxygen atoms in total. The zero-order chi connectivity index (χ0) is 31.9. The quantitative estimate of drug-likeness (QED) is 0.188. The summed E-state index contributed by atoms with van der Waals surface area (Å²) in [5.41, 5.74) is -0.703. The Bertz CT molecular complexity index is 1070. The number of rotatable bonds is 13. The van der Waals surface area contributed by atoms with Gasteiger partial charge in [-0.2, -0.15) is 0 Å². The van der Waals surface area contributed by atoms with Gasteiger partial charge >= 0.3 is 6.03 Å². The number of ketones is 2. The van der Waals surface area contributed by atoms with Crippen LogP contribution in [0.3, 0.4) is 0 Å². The topological polar surface area (TPSA) is 154 Å². The van der Waals surface area contributed by atoms with Gasteiger partial charge in [0.25, 0.3) is 5.91 Å². The van der Waals surface area contributed by atoms with Gasteiger partial charge < -0.3 is 26.2 Å². The van der Waals surface area contributed by atoms with E-state index in [1.807, 2.05) is 34.6 Å². The highest BCUT2D eigenvalue weighted by atomic mass is 16.2. The molecule has 0 bridgehead atoms. The van der Waals surface area contributed by atoms with E-state index < -0.39 is 59.6 Å². The van der Waals surface area contributed by atoms with E-state index in [0.717, 1.165) is 44.9 Å². The van der Waals surface area contributed by atoms with Crippen LogP contribution in [0, 0.1) is 29.1 Å². The van der Waals surface area contributed by atoms with E-state index in [9.17, 15) is 28.8 Å². The Balaban J connectivity index is 1.74. The second kappa shape index (κ2) is 15.0. The molecular weight excluding hydrogens is 550 g/mol. The normalized spacial score (nSPS) is 22.3. The second-order valence-corrected chi connectivity index (χ2v) is 13.8. The number of hydrogen-bond acceptors (Lipinski definition) is 6. The van der Waals surface area contributed by atoms with Crippen LogP contribution in [0.15, 0.2) is 12.7 Å². The first-order valence-electron chi connectivity index (χ1n) is 15.9. The molecule has 0 aromatic rings. The average molecular weight is 602 g/mol. The molecule has 0 unspecified atom stereocenters. The van der Waals surface area contributed by atoms with Crippen LogP contribution in [0.2, 0.25) is 0 Å². The number of amides is 5. The molecule has 4 N–H and O–H groups in total. The van der Waals surface area contributed by atoms with Crippen LogP contribution in [0.5, 0.6) is 0 Å². The van der Waals surface area contributed by atoms with Crippen LogP contribution >= 0.6 is 0 Å². The monoisotopic (exact) mass is 601 g/mol. The van der Waals surface area contributed by atoms with Crippen molar-refractivity contribution in [3.8, 4) is 0 Å². The van der Waals surface area contributed by atoms with Crippen molar-refractivity contribution >= 4 is 35.3 Å². The summed E-state index contributed by atoms with van der Waals surface area (Å²) < 4.78 is 0. The van der Waals surface area contributed by atoms with Gasteiger partial charge in [0.2, 0.25) is 17.6 Å². The van der Waals surface area contributed by atoms with Crippen molar-refractivity contribution in [2.45, 2.75) is 104 Å². The Morgan fingerprint density at radius 1 is 0.907 bits per heavy atom. The third-order valence-electron chi connectivity index (χ3n) is 9.02. The summed E-state index contributed by atoms with van der Waals surface area (Å²) in [5.74, 6) is -2.46. The number of carbonyl (C=O) groups is 6. The lowest BCUT2D eigenvalue weighted by molar-refractivity contribution is -0.143. The summed E-state index contributed by atoms with van der Waals surface area (Å²) in [6.07, 6.45) is 8.72. The zero-order valence-corrected chi connectivity index (χ0v) is 26.5. The molecule has 0 aromatic carbocycles. The molecule has 4 atom stereocenters. The minimum atomic E-state index is -0.969. The number of likely N-dealkylation sites (tertiary alicyclic amines) is 1. The van der Waals surface area contributed by atoms with Gasteiger partial charge in [0.05, 0.1) is 12.6 Å². The van der Waals surface area contributed by atoms with Crippen LogP contribution in [0.25, 0.3) is 0 Å². The van der Waals surface area contributed by atoms with Crippen LogP contribution in [-0.4, -0.2) is 78.0 Å². The summed E-state index contributed by atoms with van der Waals surface area (Å²) in [5, 5.41) is 10.8. The molecule has 3 aliphatic rings. The Hall–Kier alpha value is -3.24. The van der Waals surface area contributed by atoms with Crippen molar-refractivity contribution in [1.82, 2.24) is 26.2 Å². The molecule has 43 heavy (non-hydrogen) atoms. The Morgan fingerprint density at radius 3 is 2.12 bits per heavy atom. The molecule has 1 aliphatic heterocycles. The number of carbonyl (C=O) groups excluding carboxylic acids is 6. The highest BCUT2D eigenvalue weighted by Gasteiger charge is 2.47. The molecule has 0 aromatic heterocycles. The zero-order valence-electron chi connectivity index (χ0n) is 26.5. The van der Waals surface area contributed by atoms with E-state index in [-0.39, 0.29) is 36.0 Å². The third kappa shape index (κ3) is 9.13. The van der Waals surface area contributed by atoms with E-state index in [2.05, 4.69) is 27.8 Å². The van der Waals surface area contributed by atoms with Gasteiger partial charge in [-0.3, -0.25) is 24.0 Å². The molecule has 240 valence electrons. The number of hydrogen-bond donors (Lipinski definition) is 4. The summed E-state index contributed by atoms with van der Waals surface area (Å²) >= 11 is 0. The van der Waals surface area contributed by atoms with Gasteiger partial charge in [0.1, 0.15) is 12.1 Å². The lowest BCUT2D eigenvalue weighted by atomic mass is 9.81. The van der Waals surface area contributed by atoms with Crippen LogP contribution in [0.4, 0.5) is 4.79 Å². The number of nitrogens with zero attached hydrogens (tertiary/aromatic N) is 1. The fourth-order valence-electron chi connectivity index (χ4n) is 6.35. The molecule has 2 saturated carbocycles. The highest BCUT2D eigenvalue weighted by molar-refractivity contribution is 6.37. The van der Waals surface area contributed by atoms with Gasteiger partial charge in [-0.05, 0) is 55.3 Å². The molecule has 1 heterocycles. The number of nitrogens with one attached hydrogen (secondary N) is 4. The van der Waals surface area contributed by atoms with Crippen molar-refractivity contribution in [2.75, 3.05) is 19.6 Å². The van der Waals surface area contributed by atoms with E-state index in [1.165, 1.54) is 11.0 Å². The maximum Gasteiger partial charge on any atom is 0.316 e. The van der Waals surface area contributed by atoms with Crippen molar-refractivity contribution in [3.63, 3.8) is 0 Å². The maximum atomic E-state index is 14.1. The Morgan fingerprint density at radius 2 is 1.56 bits per heavy atom.